The molecule has 0 radical (unpaired) electrons. The van der Waals surface area contributed by atoms with Crippen molar-refractivity contribution < 1.29 is 24.4 Å². The van der Waals surface area contributed by atoms with Crippen LogP contribution in [0.4, 0.5) is 5.82 Å². The number of hydrogen-bond donors (Lipinski definition) is 4. The zero-order chi connectivity index (χ0) is 21.3. The molecule has 4 atom stereocenters. The fourth-order valence-electron chi connectivity index (χ4n) is 3.51. The Morgan fingerprint density at radius 2 is 2.00 bits per heavy atom. The molecule has 1 saturated heterocycles. The summed E-state index contributed by atoms with van der Waals surface area (Å²) in [5.41, 5.74) is 8.09. The minimum Gasteiger partial charge on any atom is -0.493 e. The zero-order valence-electron chi connectivity index (χ0n) is 16.6. The van der Waals surface area contributed by atoms with Gasteiger partial charge in [-0.05, 0) is 17.7 Å². The molecular formula is C19H24N6O5. The molecule has 0 aliphatic carbocycles. The molecule has 4 rings (SSSR count). The van der Waals surface area contributed by atoms with Crippen LogP contribution in [0.15, 0.2) is 30.9 Å². The monoisotopic (exact) mass is 416 g/mol. The molecular weight excluding hydrogens is 392 g/mol. The highest BCUT2D eigenvalue weighted by atomic mass is 16.5. The highest BCUT2D eigenvalue weighted by molar-refractivity contribution is 5.82. The minimum atomic E-state index is -0.984. The van der Waals surface area contributed by atoms with Crippen LogP contribution in [0.5, 0.6) is 11.5 Å². The number of aliphatic hydroxyl groups is 2. The Morgan fingerprint density at radius 3 is 2.70 bits per heavy atom. The maximum absolute atomic E-state index is 10.1. The van der Waals surface area contributed by atoms with E-state index in [2.05, 4.69) is 20.3 Å². The van der Waals surface area contributed by atoms with E-state index in [1.54, 1.807) is 18.8 Å². The number of nitrogens with zero attached hydrogens (tertiary/aromatic N) is 4. The quantitative estimate of drug-likeness (QED) is 0.415. The molecule has 0 unspecified atom stereocenters. The number of nitrogens with one attached hydrogen (secondary N) is 1. The van der Waals surface area contributed by atoms with Gasteiger partial charge in [0.1, 0.15) is 18.5 Å². The molecule has 0 saturated carbocycles. The van der Waals surface area contributed by atoms with E-state index in [1.165, 1.54) is 12.7 Å². The Kier molecular flexibility index (Phi) is 5.68. The number of nitrogens with two attached hydrogens (primary N) is 1. The predicted molar refractivity (Wildman–Crippen MR) is 107 cm³/mol. The predicted octanol–water partition coefficient (Wildman–Crippen LogP) is 0.0335. The van der Waals surface area contributed by atoms with Gasteiger partial charge in [-0.3, -0.25) is 4.57 Å². The van der Waals surface area contributed by atoms with Crippen molar-refractivity contribution in [2.45, 2.75) is 31.0 Å². The lowest BCUT2D eigenvalue weighted by atomic mass is 10.1. The zero-order valence-corrected chi connectivity index (χ0v) is 16.6. The Hall–Kier alpha value is -2.99. The van der Waals surface area contributed by atoms with E-state index in [0.29, 0.717) is 35.0 Å². The molecule has 11 nitrogen and oxygen atoms in total. The van der Waals surface area contributed by atoms with Crippen molar-refractivity contribution in [3.05, 3.63) is 36.4 Å². The number of rotatable bonds is 7. The highest BCUT2D eigenvalue weighted by Gasteiger charge is 2.42. The van der Waals surface area contributed by atoms with E-state index in [4.69, 9.17) is 19.9 Å². The lowest BCUT2D eigenvalue weighted by molar-refractivity contribution is -0.0437. The van der Waals surface area contributed by atoms with Gasteiger partial charge in [0.25, 0.3) is 0 Å². The van der Waals surface area contributed by atoms with E-state index >= 15 is 0 Å². The van der Waals surface area contributed by atoms with Crippen LogP contribution in [0.2, 0.25) is 0 Å². The summed E-state index contributed by atoms with van der Waals surface area (Å²) in [5.74, 6) is 1.83. The van der Waals surface area contributed by atoms with Gasteiger partial charge in [-0.2, -0.15) is 0 Å². The molecule has 0 bridgehead atoms. The third-order valence-electron chi connectivity index (χ3n) is 5.14. The third kappa shape index (κ3) is 3.52. The molecule has 0 spiro atoms. The van der Waals surface area contributed by atoms with Crippen LogP contribution in [0.25, 0.3) is 11.2 Å². The first-order valence-electron chi connectivity index (χ1n) is 9.39. The van der Waals surface area contributed by atoms with Gasteiger partial charge >= 0.3 is 0 Å². The summed E-state index contributed by atoms with van der Waals surface area (Å²) < 4.78 is 17.9. The van der Waals surface area contributed by atoms with Crippen molar-refractivity contribution in [1.82, 2.24) is 19.5 Å². The molecule has 3 aromatic rings. The Balaban J connectivity index is 1.57. The normalized spacial score (nSPS) is 23.6. The number of ether oxygens (including phenoxy) is 3. The Bertz CT molecular complexity index is 1030. The highest BCUT2D eigenvalue weighted by Crippen LogP contribution is 2.31. The minimum absolute atomic E-state index is 0.328. The van der Waals surface area contributed by atoms with Gasteiger partial charge in [0.15, 0.2) is 34.7 Å². The maximum Gasteiger partial charge on any atom is 0.167 e. The molecule has 11 heteroatoms. The Labute approximate surface area is 172 Å². The van der Waals surface area contributed by atoms with Crippen LogP contribution in [-0.2, 0) is 11.3 Å². The van der Waals surface area contributed by atoms with Crippen molar-refractivity contribution in [3.8, 4) is 11.5 Å². The fraction of sp³-hybridized carbons (Fsp3) is 0.421. The van der Waals surface area contributed by atoms with Gasteiger partial charge in [0.05, 0.1) is 33.2 Å². The van der Waals surface area contributed by atoms with Crippen LogP contribution in [-0.4, -0.2) is 68.8 Å². The lowest BCUT2D eigenvalue weighted by Gasteiger charge is -2.17. The first-order chi connectivity index (χ1) is 14.6. The third-order valence-corrected chi connectivity index (χ3v) is 5.14. The molecule has 30 heavy (non-hydrogen) atoms. The summed E-state index contributed by atoms with van der Waals surface area (Å²) in [6.07, 6.45) is 0.514. The Morgan fingerprint density at radius 1 is 1.20 bits per heavy atom. The first kappa shape index (κ1) is 20.3. The lowest BCUT2D eigenvalue weighted by Crippen LogP contribution is -2.39. The SMILES string of the molecule is COc1ccc(CNc2ncnc3c2ncn3[C@@H]2O[C@H](CO)[C@@H](O)[C@H]2N)cc1OC. The summed E-state index contributed by atoms with van der Waals surface area (Å²) in [5, 5.41) is 22.7. The van der Waals surface area contributed by atoms with Crippen molar-refractivity contribution in [3.63, 3.8) is 0 Å². The van der Waals surface area contributed by atoms with Gasteiger partial charge in [-0.1, -0.05) is 6.07 Å². The van der Waals surface area contributed by atoms with Gasteiger partial charge < -0.3 is 35.5 Å². The van der Waals surface area contributed by atoms with Crippen LogP contribution >= 0.6 is 0 Å². The van der Waals surface area contributed by atoms with Crippen molar-refractivity contribution >= 4 is 17.0 Å². The standard InChI is InChI=1S/C19H24N6O5/c1-28-11-4-3-10(5-12(11)29-2)6-21-17-15-18(23-8-22-17)25(9-24-15)19-14(20)16(27)13(7-26)30-19/h3-5,8-9,13-14,16,19,26-27H,6-7,20H2,1-2H3,(H,21,22,23)/t13-,14-,16-,19-/m1/s1. The summed E-state index contributed by atoms with van der Waals surface area (Å²) >= 11 is 0. The van der Waals surface area contributed by atoms with Gasteiger partial charge in [0.2, 0.25) is 0 Å². The second kappa shape index (κ2) is 8.40. The molecule has 1 aromatic carbocycles. The number of aliphatic hydroxyl groups excluding tert-OH is 2. The van der Waals surface area contributed by atoms with Crippen molar-refractivity contribution in [2.24, 2.45) is 5.73 Å². The van der Waals surface area contributed by atoms with Crippen molar-refractivity contribution in [1.29, 1.82) is 0 Å². The topological polar surface area (TPSA) is 150 Å². The van der Waals surface area contributed by atoms with Crippen LogP contribution in [0.3, 0.4) is 0 Å². The van der Waals surface area contributed by atoms with Crippen LogP contribution in [0, 0.1) is 0 Å². The van der Waals surface area contributed by atoms with Gasteiger partial charge in [-0.25, -0.2) is 15.0 Å². The molecule has 5 N–H and O–H groups in total. The molecule has 3 heterocycles. The van der Waals surface area contributed by atoms with E-state index in [1.807, 2.05) is 18.2 Å². The van der Waals surface area contributed by atoms with E-state index in [9.17, 15) is 10.2 Å². The molecule has 1 fully saturated rings. The molecule has 0 amide bonds. The summed E-state index contributed by atoms with van der Waals surface area (Å²) in [6.45, 7) is 0.148. The van der Waals surface area contributed by atoms with Crippen LogP contribution in [0.1, 0.15) is 11.8 Å². The first-order valence-corrected chi connectivity index (χ1v) is 9.39. The summed E-state index contributed by atoms with van der Waals surface area (Å²) in [6, 6.07) is 4.91. The molecule has 2 aromatic heterocycles. The van der Waals surface area contributed by atoms with Gasteiger partial charge in [0, 0.05) is 6.54 Å². The molecule has 1 aliphatic heterocycles. The van der Waals surface area contributed by atoms with E-state index in [-0.39, 0.29) is 6.61 Å². The number of imidazole rings is 1. The van der Waals surface area contributed by atoms with Crippen molar-refractivity contribution in [2.75, 3.05) is 26.1 Å². The van der Waals surface area contributed by atoms with E-state index in [0.717, 1.165) is 5.56 Å². The largest absolute Gasteiger partial charge is 0.493 e. The number of aromatic nitrogens is 4. The average Bonchev–Trinajstić information content (AvgIpc) is 3.33. The second-order valence-corrected chi connectivity index (χ2v) is 6.90. The number of anilines is 1. The van der Waals surface area contributed by atoms with Gasteiger partial charge in [-0.15, -0.1) is 0 Å². The summed E-state index contributed by atoms with van der Waals surface area (Å²) in [4.78, 5) is 13.0. The molecule has 1 aliphatic rings. The average molecular weight is 416 g/mol. The van der Waals surface area contributed by atoms with E-state index < -0.39 is 24.5 Å². The number of benzene rings is 1. The number of methoxy groups -OCH3 is 2. The molecule has 160 valence electrons. The second-order valence-electron chi connectivity index (χ2n) is 6.90. The summed E-state index contributed by atoms with van der Waals surface area (Å²) in [7, 11) is 3.18. The fourth-order valence-corrected chi connectivity index (χ4v) is 3.51. The maximum atomic E-state index is 10.1. The number of hydrogen-bond acceptors (Lipinski definition) is 10. The van der Waals surface area contributed by atoms with Crippen LogP contribution < -0.4 is 20.5 Å². The number of fused-ring (bicyclic) bond motifs is 1. The smallest absolute Gasteiger partial charge is 0.167 e.